The smallest absolute Gasteiger partial charge is 0.0996 e. The summed E-state index contributed by atoms with van der Waals surface area (Å²) in [5.74, 6) is 0. The van der Waals surface area contributed by atoms with Gasteiger partial charge in [0.05, 0.1) is 22.7 Å². The van der Waals surface area contributed by atoms with Gasteiger partial charge in [-0.1, -0.05) is 11.6 Å². The summed E-state index contributed by atoms with van der Waals surface area (Å²) in [6.07, 6.45) is 6.44. The molecule has 1 aromatic carbocycles. The number of benzene rings is 1. The molecule has 0 unspecified atom stereocenters. The number of hydrogen-bond donors (Lipinski definition) is 1. The Morgan fingerprint density at radius 3 is 3.00 bits per heavy atom. The van der Waals surface area contributed by atoms with Gasteiger partial charge in [-0.2, -0.15) is 0 Å². The van der Waals surface area contributed by atoms with Crippen LogP contribution in [-0.2, 0) is 6.54 Å². The first-order valence-corrected chi connectivity index (χ1v) is 7.40. The summed E-state index contributed by atoms with van der Waals surface area (Å²) in [5.41, 5.74) is 2.03. The molecule has 3 nitrogen and oxygen atoms in total. The molecule has 5 heteroatoms. The third-order valence-corrected chi connectivity index (χ3v) is 3.95. The highest BCUT2D eigenvalue weighted by molar-refractivity contribution is 14.1. The third-order valence-electron chi connectivity index (χ3n) is 2.97. The summed E-state index contributed by atoms with van der Waals surface area (Å²) >= 11 is 8.50. The van der Waals surface area contributed by atoms with E-state index in [2.05, 4.69) is 32.9 Å². The van der Waals surface area contributed by atoms with Crippen LogP contribution in [0.2, 0.25) is 5.02 Å². The first-order valence-electron chi connectivity index (χ1n) is 5.94. The molecule has 0 amide bonds. The van der Waals surface area contributed by atoms with Crippen molar-refractivity contribution in [3.05, 3.63) is 45.0 Å². The Morgan fingerprint density at radius 2 is 2.28 bits per heavy atom. The number of nitrogens with one attached hydrogen (secondary N) is 1. The van der Waals surface area contributed by atoms with Crippen molar-refractivity contribution in [1.29, 1.82) is 0 Å². The molecular formula is C13H13ClIN3. The second kappa shape index (κ2) is 5.19. The van der Waals surface area contributed by atoms with Crippen LogP contribution in [0.15, 0.2) is 30.7 Å². The van der Waals surface area contributed by atoms with Gasteiger partial charge >= 0.3 is 0 Å². The number of aromatic nitrogens is 2. The maximum atomic E-state index is 6.24. The van der Waals surface area contributed by atoms with Gasteiger partial charge in [0, 0.05) is 22.4 Å². The van der Waals surface area contributed by atoms with Gasteiger partial charge in [0.2, 0.25) is 0 Å². The first-order chi connectivity index (χ1) is 8.72. The molecule has 0 spiro atoms. The summed E-state index contributed by atoms with van der Waals surface area (Å²) in [6.45, 7) is 0.833. The van der Waals surface area contributed by atoms with Gasteiger partial charge in [-0.15, -0.1) is 0 Å². The standard InChI is InChI=1S/C13H13ClIN3/c14-12-5-9(15)1-4-13(12)18-7-11(17-8-18)6-16-10-2-3-10/h1,4-5,7-8,10,16H,2-3,6H2. The Balaban J connectivity index is 1.78. The van der Waals surface area contributed by atoms with Gasteiger partial charge in [0.25, 0.3) is 0 Å². The van der Waals surface area contributed by atoms with E-state index in [9.17, 15) is 0 Å². The zero-order valence-electron chi connectivity index (χ0n) is 9.74. The predicted octanol–water partition coefficient (Wildman–Crippen LogP) is 3.38. The summed E-state index contributed by atoms with van der Waals surface area (Å²) in [4.78, 5) is 4.40. The van der Waals surface area contributed by atoms with Crippen LogP contribution in [0, 0.1) is 3.57 Å². The van der Waals surface area contributed by atoms with Crippen LogP contribution in [0.25, 0.3) is 5.69 Å². The molecule has 3 rings (SSSR count). The average molecular weight is 374 g/mol. The van der Waals surface area contributed by atoms with Crippen molar-refractivity contribution >= 4 is 34.2 Å². The van der Waals surface area contributed by atoms with E-state index < -0.39 is 0 Å². The lowest BCUT2D eigenvalue weighted by atomic mass is 10.3. The quantitative estimate of drug-likeness (QED) is 0.833. The summed E-state index contributed by atoms with van der Waals surface area (Å²) in [6, 6.07) is 6.73. The number of imidazole rings is 1. The molecule has 1 aliphatic carbocycles. The summed E-state index contributed by atoms with van der Waals surface area (Å²) in [5, 5.41) is 4.20. The number of nitrogens with zero attached hydrogens (tertiary/aromatic N) is 2. The van der Waals surface area contributed by atoms with Crippen molar-refractivity contribution < 1.29 is 0 Å². The molecule has 0 saturated heterocycles. The molecule has 1 fully saturated rings. The van der Waals surface area contributed by atoms with Crippen molar-refractivity contribution in [2.24, 2.45) is 0 Å². The minimum Gasteiger partial charge on any atom is -0.308 e. The zero-order valence-corrected chi connectivity index (χ0v) is 12.6. The largest absolute Gasteiger partial charge is 0.308 e. The van der Waals surface area contributed by atoms with Crippen LogP contribution in [-0.4, -0.2) is 15.6 Å². The second-order valence-electron chi connectivity index (χ2n) is 4.52. The Hall–Kier alpha value is -0.590. The van der Waals surface area contributed by atoms with Gasteiger partial charge in [0.1, 0.15) is 0 Å². The number of rotatable bonds is 4. The van der Waals surface area contributed by atoms with E-state index in [0.29, 0.717) is 6.04 Å². The van der Waals surface area contributed by atoms with Gasteiger partial charge in [-0.3, -0.25) is 0 Å². The van der Waals surface area contributed by atoms with E-state index in [1.54, 1.807) is 0 Å². The Bertz CT molecular complexity index is 563. The van der Waals surface area contributed by atoms with E-state index in [0.717, 1.165) is 26.5 Å². The van der Waals surface area contributed by atoms with Gasteiger partial charge in [-0.25, -0.2) is 4.98 Å². The maximum Gasteiger partial charge on any atom is 0.0996 e. The van der Waals surface area contributed by atoms with E-state index >= 15 is 0 Å². The Labute approximate surface area is 125 Å². The van der Waals surface area contributed by atoms with Crippen molar-refractivity contribution in [1.82, 2.24) is 14.9 Å². The van der Waals surface area contributed by atoms with Gasteiger partial charge in [-0.05, 0) is 53.6 Å². The van der Waals surface area contributed by atoms with Crippen molar-refractivity contribution in [3.8, 4) is 5.69 Å². The monoisotopic (exact) mass is 373 g/mol. The maximum absolute atomic E-state index is 6.24. The van der Waals surface area contributed by atoms with Crippen LogP contribution in [0.5, 0.6) is 0 Å². The minimum absolute atomic E-state index is 0.706. The van der Waals surface area contributed by atoms with Crippen LogP contribution < -0.4 is 5.32 Å². The fraction of sp³-hybridized carbons (Fsp3) is 0.308. The highest BCUT2D eigenvalue weighted by atomic mass is 127. The molecule has 0 bridgehead atoms. The van der Waals surface area contributed by atoms with E-state index in [4.69, 9.17) is 11.6 Å². The highest BCUT2D eigenvalue weighted by Gasteiger charge is 2.20. The van der Waals surface area contributed by atoms with Crippen LogP contribution in [0.3, 0.4) is 0 Å². The van der Waals surface area contributed by atoms with Crippen molar-refractivity contribution in [3.63, 3.8) is 0 Å². The predicted molar refractivity (Wildman–Crippen MR) is 81.2 cm³/mol. The lowest BCUT2D eigenvalue weighted by Crippen LogP contribution is -2.15. The van der Waals surface area contributed by atoms with Gasteiger partial charge in [0.15, 0.2) is 0 Å². The summed E-state index contributed by atoms with van der Waals surface area (Å²) < 4.78 is 3.11. The normalized spacial score (nSPS) is 15.0. The third kappa shape index (κ3) is 2.87. The van der Waals surface area contributed by atoms with E-state index in [1.165, 1.54) is 12.8 Å². The fourth-order valence-corrected chi connectivity index (χ4v) is 2.77. The molecule has 94 valence electrons. The first kappa shape index (κ1) is 12.4. The Kier molecular flexibility index (Phi) is 3.59. The Morgan fingerprint density at radius 1 is 1.44 bits per heavy atom. The molecule has 0 aliphatic heterocycles. The molecular weight excluding hydrogens is 361 g/mol. The van der Waals surface area contributed by atoms with Crippen LogP contribution in [0.1, 0.15) is 18.5 Å². The van der Waals surface area contributed by atoms with Crippen LogP contribution in [0.4, 0.5) is 0 Å². The lowest BCUT2D eigenvalue weighted by molar-refractivity contribution is 0.677. The van der Waals surface area contributed by atoms with Crippen molar-refractivity contribution in [2.75, 3.05) is 0 Å². The molecule has 1 aromatic heterocycles. The number of halogens is 2. The molecule has 1 saturated carbocycles. The molecule has 0 atom stereocenters. The van der Waals surface area contributed by atoms with Crippen molar-refractivity contribution in [2.45, 2.75) is 25.4 Å². The minimum atomic E-state index is 0.706. The molecule has 18 heavy (non-hydrogen) atoms. The topological polar surface area (TPSA) is 29.9 Å². The molecule has 1 heterocycles. The van der Waals surface area contributed by atoms with Gasteiger partial charge < -0.3 is 9.88 Å². The molecule has 0 radical (unpaired) electrons. The lowest BCUT2D eigenvalue weighted by Gasteiger charge is -2.05. The molecule has 1 N–H and O–H groups in total. The van der Waals surface area contributed by atoms with Crippen LogP contribution >= 0.6 is 34.2 Å². The molecule has 2 aromatic rings. The SMILES string of the molecule is Clc1cc(I)ccc1-n1cnc(CNC2CC2)c1. The second-order valence-corrected chi connectivity index (χ2v) is 6.18. The number of hydrogen-bond acceptors (Lipinski definition) is 2. The molecule has 1 aliphatic rings. The highest BCUT2D eigenvalue weighted by Crippen LogP contribution is 2.23. The summed E-state index contributed by atoms with van der Waals surface area (Å²) in [7, 11) is 0. The van der Waals surface area contributed by atoms with E-state index in [1.807, 2.05) is 35.3 Å². The zero-order chi connectivity index (χ0) is 12.5. The van der Waals surface area contributed by atoms with E-state index in [-0.39, 0.29) is 0 Å². The fourth-order valence-electron chi connectivity index (χ4n) is 1.81. The average Bonchev–Trinajstić information content (AvgIpc) is 3.05.